The van der Waals surface area contributed by atoms with Crippen LogP contribution in [0.15, 0.2) is 71.6 Å². The molecule has 1 aliphatic carbocycles. The molecule has 5 rings (SSSR count). The third-order valence-electron chi connectivity index (χ3n) is 6.96. The summed E-state index contributed by atoms with van der Waals surface area (Å²) >= 11 is 0. The lowest BCUT2D eigenvalue weighted by Gasteiger charge is -2.33. The van der Waals surface area contributed by atoms with Gasteiger partial charge in [0.2, 0.25) is 5.91 Å². The van der Waals surface area contributed by atoms with Crippen molar-refractivity contribution in [1.29, 1.82) is 0 Å². The molecule has 3 aromatic rings. The second kappa shape index (κ2) is 9.48. The van der Waals surface area contributed by atoms with Crippen LogP contribution in [0.3, 0.4) is 0 Å². The number of hydrogen-bond donors (Lipinski definition) is 0. The molecule has 190 valence electrons. The molecule has 9 heteroatoms. The van der Waals surface area contributed by atoms with Crippen molar-refractivity contribution < 1.29 is 32.3 Å². The summed E-state index contributed by atoms with van der Waals surface area (Å²) in [5.41, 5.74) is 4.60. The molecule has 1 atom stereocenters. The van der Waals surface area contributed by atoms with Gasteiger partial charge in [-0.2, -0.15) is 0 Å². The van der Waals surface area contributed by atoms with Crippen LogP contribution in [0.2, 0.25) is 0 Å². The van der Waals surface area contributed by atoms with E-state index in [0.29, 0.717) is 0 Å². The molecule has 8 nitrogen and oxygen atoms in total. The molecule has 37 heavy (non-hydrogen) atoms. The zero-order valence-corrected chi connectivity index (χ0v) is 21.2. The average Bonchev–Trinajstić information content (AvgIpc) is 3.22. The molecule has 0 bridgehead atoms. The minimum absolute atomic E-state index is 0.0969. The van der Waals surface area contributed by atoms with E-state index in [0.717, 1.165) is 22.3 Å². The number of carbonyl (C=O) groups excluding carboxylic acids is 3. The van der Waals surface area contributed by atoms with Gasteiger partial charge >= 0.3 is 11.9 Å². The van der Waals surface area contributed by atoms with Gasteiger partial charge in [0, 0.05) is 19.4 Å². The van der Waals surface area contributed by atoms with Gasteiger partial charge in [-0.15, -0.1) is 0 Å². The molecule has 1 heterocycles. The largest absolute Gasteiger partial charge is 0.469 e. The lowest BCUT2D eigenvalue weighted by atomic mass is 9.98. The average molecular weight is 520 g/mol. The van der Waals surface area contributed by atoms with Crippen LogP contribution in [-0.2, 0) is 28.9 Å². The second-order valence-electron chi connectivity index (χ2n) is 9.08. The van der Waals surface area contributed by atoms with E-state index in [4.69, 9.17) is 4.74 Å². The van der Waals surface area contributed by atoms with Crippen molar-refractivity contribution in [2.24, 2.45) is 0 Å². The number of rotatable bonds is 5. The smallest absolute Gasteiger partial charge is 0.338 e. The number of esters is 2. The minimum Gasteiger partial charge on any atom is -0.469 e. The summed E-state index contributed by atoms with van der Waals surface area (Å²) in [6.07, 6.45) is -0.379. The molecule has 0 saturated carbocycles. The molecule has 0 N–H and O–H groups in total. The molecule has 0 fully saturated rings. The summed E-state index contributed by atoms with van der Waals surface area (Å²) in [6, 6.07) is 20.0. The van der Waals surface area contributed by atoms with Gasteiger partial charge in [0.05, 0.1) is 34.9 Å². The Labute approximate surface area is 214 Å². The molecule has 0 saturated heterocycles. The summed E-state index contributed by atoms with van der Waals surface area (Å²) in [7, 11) is -2.76. The molecule has 1 amide bonds. The maximum Gasteiger partial charge on any atom is 0.338 e. The lowest BCUT2D eigenvalue weighted by molar-refractivity contribution is -0.140. The molecule has 1 unspecified atom stereocenters. The van der Waals surface area contributed by atoms with Crippen LogP contribution in [-0.4, -0.2) is 51.8 Å². The Kier molecular flexibility index (Phi) is 6.33. The summed E-state index contributed by atoms with van der Waals surface area (Å²) in [5.74, 6) is -1.84. The topological polar surface area (TPSA) is 107 Å². The van der Waals surface area contributed by atoms with E-state index in [1.54, 1.807) is 0 Å². The third-order valence-corrected chi connectivity index (χ3v) is 9.11. The van der Waals surface area contributed by atoms with Gasteiger partial charge < -0.3 is 14.4 Å². The van der Waals surface area contributed by atoms with Crippen molar-refractivity contribution in [1.82, 2.24) is 0 Å². The van der Waals surface area contributed by atoms with Crippen LogP contribution >= 0.6 is 0 Å². The zero-order chi connectivity index (χ0) is 26.3. The number of hydrogen-bond acceptors (Lipinski definition) is 7. The van der Waals surface area contributed by atoms with Crippen molar-refractivity contribution in [2.75, 3.05) is 25.2 Å². The van der Waals surface area contributed by atoms with Crippen molar-refractivity contribution in [3.63, 3.8) is 0 Å². The first-order valence-corrected chi connectivity index (χ1v) is 13.3. The Morgan fingerprint density at radius 1 is 0.946 bits per heavy atom. The Morgan fingerprint density at radius 3 is 2.16 bits per heavy atom. The van der Waals surface area contributed by atoms with E-state index in [-0.39, 0.29) is 41.6 Å². The highest BCUT2D eigenvalue weighted by molar-refractivity contribution is 7.92. The standard InChI is InChI=1S/C28H25NO7S/c1-17(30)29-15-19(14-27(31)35-2)37(33,34)26-12-11-18(13-25(26)29)28(32)36-16-24-22-9-5-3-7-20(22)21-8-4-6-10-23(21)24/h3-13,19,24H,14-16H2,1-2H3. The van der Waals surface area contributed by atoms with Crippen LogP contribution in [0, 0.1) is 0 Å². The number of sulfone groups is 1. The van der Waals surface area contributed by atoms with E-state index < -0.39 is 32.9 Å². The van der Waals surface area contributed by atoms with Crippen molar-refractivity contribution in [2.45, 2.75) is 29.4 Å². The van der Waals surface area contributed by atoms with Gasteiger partial charge in [0.15, 0.2) is 9.84 Å². The number of amides is 1. The number of ether oxygens (including phenoxy) is 2. The normalized spacial score (nSPS) is 17.4. The van der Waals surface area contributed by atoms with Gasteiger partial charge in [-0.3, -0.25) is 9.59 Å². The van der Waals surface area contributed by atoms with E-state index in [2.05, 4.69) is 4.74 Å². The van der Waals surface area contributed by atoms with Crippen LogP contribution in [0.25, 0.3) is 11.1 Å². The van der Waals surface area contributed by atoms with Gasteiger partial charge in [-0.1, -0.05) is 48.5 Å². The summed E-state index contributed by atoms with van der Waals surface area (Å²) in [4.78, 5) is 38.4. The minimum atomic E-state index is -3.94. The first kappa shape index (κ1) is 24.7. The predicted octanol–water partition coefficient (Wildman–Crippen LogP) is 3.73. The Hall–Kier alpha value is -3.98. The maximum atomic E-state index is 13.2. The number of fused-ring (bicyclic) bond motifs is 4. The number of carbonyl (C=O) groups is 3. The Morgan fingerprint density at radius 2 is 1.57 bits per heavy atom. The van der Waals surface area contributed by atoms with Crippen molar-refractivity contribution in [3.8, 4) is 11.1 Å². The van der Waals surface area contributed by atoms with Crippen LogP contribution < -0.4 is 4.90 Å². The summed E-state index contributed by atoms with van der Waals surface area (Å²) in [5, 5.41) is -1.14. The number of anilines is 1. The Balaban J connectivity index is 1.41. The van der Waals surface area contributed by atoms with E-state index >= 15 is 0 Å². The third kappa shape index (κ3) is 4.29. The second-order valence-corrected chi connectivity index (χ2v) is 11.3. The monoisotopic (exact) mass is 519 g/mol. The molecule has 2 aliphatic rings. The fraction of sp³-hybridized carbons (Fsp3) is 0.250. The first-order chi connectivity index (χ1) is 17.7. The van der Waals surface area contributed by atoms with Gasteiger partial charge in [-0.05, 0) is 40.5 Å². The fourth-order valence-corrected chi connectivity index (χ4v) is 6.88. The van der Waals surface area contributed by atoms with Crippen molar-refractivity contribution in [3.05, 3.63) is 83.4 Å². The van der Waals surface area contributed by atoms with E-state index in [9.17, 15) is 22.8 Å². The number of methoxy groups -OCH3 is 1. The Bertz CT molecular complexity index is 1480. The number of nitrogens with zero attached hydrogens (tertiary/aromatic N) is 1. The summed E-state index contributed by atoms with van der Waals surface area (Å²) in [6.45, 7) is 1.20. The fourth-order valence-electron chi connectivity index (χ4n) is 5.10. The van der Waals surface area contributed by atoms with Gasteiger partial charge in [0.1, 0.15) is 6.61 Å². The van der Waals surface area contributed by atoms with Crippen molar-refractivity contribution >= 4 is 33.4 Å². The molecular weight excluding hydrogens is 494 g/mol. The first-order valence-electron chi connectivity index (χ1n) is 11.8. The summed E-state index contributed by atoms with van der Waals surface area (Å²) < 4.78 is 36.7. The highest BCUT2D eigenvalue weighted by atomic mass is 32.2. The van der Waals surface area contributed by atoms with Crippen LogP contribution in [0.4, 0.5) is 5.69 Å². The van der Waals surface area contributed by atoms with E-state index in [1.807, 2.05) is 48.5 Å². The predicted molar refractivity (Wildman–Crippen MR) is 136 cm³/mol. The quantitative estimate of drug-likeness (QED) is 0.473. The van der Waals surface area contributed by atoms with E-state index in [1.165, 1.54) is 37.1 Å². The molecule has 3 aromatic carbocycles. The van der Waals surface area contributed by atoms with Crippen LogP contribution in [0.5, 0.6) is 0 Å². The zero-order valence-electron chi connectivity index (χ0n) is 20.3. The highest BCUT2D eigenvalue weighted by Crippen LogP contribution is 2.44. The molecule has 1 aliphatic heterocycles. The lowest BCUT2D eigenvalue weighted by Crippen LogP contribution is -2.45. The molecule has 0 spiro atoms. The molecule has 0 radical (unpaired) electrons. The van der Waals surface area contributed by atoms with Crippen LogP contribution in [0.1, 0.15) is 40.7 Å². The molecule has 0 aromatic heterocycles. The SMILES string of the molecule is COC(=O)CC1CN(C(C)=O)c2cc(C(=O)OCC3c4ccccc4-c4ccccc43)ccc2S1(=O)=O. The highest BCUT2D eigenvalue weighted by Gasteiger charge is 2.40. The maximum absolute atomic E-state index is 13.2. The van der Waals surface area contributed by atoms with Gasteiger partial charge in [0.25, 0.3) is 0 Å². The van der Waals surface area contributed by atoms with Gasteiger partial charge in [-0.25, -0.2) is 13.2 Å². The number of benzene rings is 3. The molecular formula is C28H25NO7S.